The van der Waals surface area contributed by atoms with Gasteiger partial charge in [-0.2, -0.15) is 0 Å². The van der Waals surface area contributed by atoms with Crippen molar-refractivity contribution < 1.29 is 9.59 Å². The Morgan fingerprint density at radius 1 is 1.41 bits per heavy atom. The Kier molecular flexibility index (Phi) is 4.32. The van der Waals surface area contributed by atoms with E-state index < -0.39 is 0 Å². The Morgan fingerprint density at radius 2 is 2.27 bits per heavy atom. The summed E-state index contributed by atoms with van der Waals surface area (Å²) in [6.07, 6.45) is 5.20. The summed E-state index contributed by atoms with van der Waals surface area (Å²) in [5.74, 6) is -0.0257. The lowest BCUT2D eigenvalue weighted by molar-refractivity contribution is -0.117. The van der Waals surface area contributed by atoms with Gasteiger partial charge >= 0.3 is 0 Å². The standard InChI is InChI=1S/C17H23N3O2/c1-2-3-4-9-18-16(21)12-7-8-14-13(11-12)19-17(22)15-6-5-10-20(14)15/h7-8,11,15H,2-6,9-10H2,1H3,(H,18,21)(H,19,22)/t15-/m1/s1. The first kappa shape index (κ1) is 14.9. The summed E-state index contributed by atoms with van der Waals surface area (Å²) < 4.78 is 0. The minimum absolute atomic E-state index is 0.0405. The first-order chi connectivity index (χ1) is 10.7. The van der Waals surface area contributed by atoms with Crippen LogP contribution < -0.4 is 15.5 Å². The Hall–Kier alpha value is -2.04. The van der Waals surface area contributed by atoms with Gasteiger partial charge in [0.2, 0.25) is 5.91 Å². The molecule has 2 heterocycles. The van der Waals surface area contributed by atoms with Crippen LogP contribution in [0.4, 0.5) is 11.4 Å². The van der Waals surface area contributed by atoms with Crippen LogP contribution in [0.3, 0.4) is 0 Å². The van der Waals surface area contributed by atoms with Crippen LogP contribution >= 0.6 is 0 Å². The maximum Gasteiger partial charge on any atom is 0.251 e. The Bertz CT molecular complexity index is 585. The first-order valence-corrected chi connectivity index (χ1v) is 8.20. The lowest BCUT2D eigenvalue weighted by Crippen LogP contribution is -2.44. The third kappa shape index (κ3) is 2.80. The molecule has 2 N–H and O–H groups in total. The smallest absolute Gasteiger partial charge is 0.251 e. The molecule has 1 atom stereocenters. The predicted molar refractivity (Wildman–Crippen MR) is 87.3 cm³/mol. The maximum atomic E-state index is 12.2. The fraction of sp³-hybridized carbons (Fsp3) is 0.529. The number of unbranched alkanes of at least 4 members (excludes halogenated alkanes) is 2. The van der Waals surface area contributed by atoms with Gasteiger partial charge in [0.25, 0.3) is 5.91 Å². The zero-order valence-electron chi connectivity index (χ0n) is 13.0. The monoisotopic (exact) mass is 301 g/mol. The van der Waals surface area contributed by atoms with Gasteiger partial charge in [-0.25, -0.2) is 0 Å². The number of hydrogen-bond acceptors (Lipinski definition) is 3. The van der Waals surface area contributed by atoms with Crippen LogP contribution in [0, 0.1) is 0 Å². The van der Waals surface area contributed by atoms with Crippen LogP contribution in [0.2, 0.25) is 0 Å². The quantitative estimate of drug-likeness (QED) is 0.822. The molecule has 0 spiro atoms. The van der Waals surface area contributed by atoms with Crippen LogP contribution in [0.15, 0.2) is 18.2 Å². The van der Waals surface area contributed by atoms with Crippen molar-refractivity contribution in [3.63, 3.8) is 0 Å². The molecule has 1 fully saturated rings. The molecule has 22 heavy (non-hydrogen) atoms. The molecule has 2 aliphatic rings. The summed E-state index contributed by atoms with van der Waals surface area (Å²) in [5, 5.41) is 5.88. The van der Waals surface area contributed by atoms with E-state index in [0.29, 0.717) is 12.1 Å². The molecule has 0 aliphatic carbocycles. The topological polar surface area (TPSA) is 61.4 Å². The van der Waals surface area contributed by atoms with Crippen LogP contribution in [0.5, 0.6) is 0 Å². The van der Waals surface area contributed by atoms with Gasteiger partial charge in [0.1, 0.15) is 6.04 Å². The molecule has 0 unspecified atom stereocenters. The van der Waals surface area contributed by atoms with E-state index in [1.165, 1.54) is 0 Å². The summed E-state index contributed by atoms with van der Waals surface area (Å²) in [6, 6.07) is 5.55. The van der Waals surface area contributed by atoms with E-state index in [9.17, 15) is 9.59 Å². The van der Waals surface area contributed by atoms with Crippen LogP contribution in [-0.4, -0.2) is 30.9 Å². The fourth-order valence-corrected chi connectivity index (χ4v) is 3.25. The van der Waals surface area contributed by atoms with Gasteiger partial charge in [0, 0.05) is 18.7 Å². The van der Waals surface area contributed by atoms with Gasteiger partial charge in [-0.3, -0.25) is 9.59 Å². The lowest BCUT2D eigenvalue weighted by Gasteiger charge is -2.33. The molecule has 0 bridgehead atoms. The number of amides is 2. The molecule has 1 saturated heterocycles. The average Bonchev–Trinajstić information content (AvgIpc) is 3.01. The minimum Gasteiger partial charge on any atom is -0.358 e. The van der Waals surface area contributed by atoms with Crippen LogP contribution in [0.25, 0.3) is 0 Å². The summed E-state index contributed by atoms with van der Waals surface area (Å²) in [5.41, 5.74) is 2.39. The number of carbonyl (C=O) groups excluding carboxylic acids is 2. The molecule has 0 saturated carbocycles. The van der Waals surface area contributed by atoms with Crippen molar-refractivity contribution in [2.45, 2.75) is 45.1 Å². The highest BCUT2D eigenvalue weighted by molar-refractivity contribution is 6.06. The Morgan fingerprint density at radius 3 is 3.09 bits per heavy atom. The molecular weight excluding hydrogens is 278 g/mol. The van der Waals surface area contributed by atoms with Crippen LogP contribution in [-0.2, 0) is 4.79 Å². The highest BCUT2D eigenvalue weighted by Crippen LogP contribution is 2.37. The zero-order valence-corrected chi connectivity index (χ0v) is 13.0. The van der Waals surface area contributed by atoms with E-state index >= 15 is 0 Å². The molecule has 0 radical (unpaired) electrons. The van der Waals surface area contributed by atoms with Crippen molar-refractivity contribution in [1.82, 2.24) is 5.32 Å². The van der Waals surface area contributed by atoms with Crippen molar-refractivity contribution >= 4 is 23.2 Å². The van der Waals surface area contributed by atoms with E-state index in [1.54, 1.807) is 6.07 Å². The zero-order chi connectivity index (χ0) is 15.5. The van der Waals surface area contributed by atoms with E-state index in [0.717, 1.165) is 50.0 Å². The first-order valence-electron chi connectivity index (χ1n) is 8.20. The highest BCUT2D eigenvalue weighted by atomic mass is 16.2. The number of nitrogens with zero attached hydrogens (tertiary/aromatic N) is 1. The normalized spacial score (nSPS) is 19.4. The second-order valence-corrected chi connectivity index (χ2v) is 6.04. The molecule has 1 aromatic carbocycles. The molecule has 2 aliphatic heterocycles. The van der Waals surface area contributed by atoms with Gasteiger partial charge < -0.3 is 15.5 Å². The van der Waals surface area contributed by atoms with E-state index in [1.807, 2.05) is 12.1 Å². The second-order valence-electron chi connectivity index (χ2n) is 6.04. The van der Waals surface area contributed by atoms with Gasteiger partial charge in [-0.05, 0) is 37.5 Å². The van der Waals surface area contributed by atoms with E-state index in [4.69, 9.17) is 0 Å². The van der Waals surface area contributed by atoms with E-state index in [-0.39, 0.29) is 17.9 Å². The number of benzene rings is 1. The van der Waals surface area contributed by atoms with Gasteiger partial charge in [0.15, 0.2) is 0 Å². The average molecular weight is 301 g/mol. The molecule has 2 amide bonds. The Balaban J connectivity index is 1.72. The number of fused-ring (bicyclic) bond motifs is 3. The molecule has 0 aromatic heterocycles. The van der Waals surface area contributed by atoms with Crippen molar-refractivity contribution in [1.29, 1.82) is 0 Å². The summed E-state index contributed by atoms with van der Waals surface area (Å²) in [4.78, 5) is 26.4. The summed E-state index contributed by atoms with van der Waals surface area (Å²) in [7, 11) is 0. The highest BCUT2D eigenvalue weighted by Gasteiger charge is 2.36. The van der Waals surface area contributed by atoms with Crippen molar-refractivity contribution in [3.8, 4) is 0 Å². The maximum absolute atomic E-state index is 12.2. The predicted octanol–water partition coefficient (Wildman–Crippen LogP) is 2.53. The number of rotatable bonds is 5. The molecular formula is C17H23N3O2. The molecule has 118 valence electrons. The van der Waals surface area contributed by atoms with Gasteiger partial charge in [-0.1, -0.05) is 19.8 Å². The van der Waals surface area contributed by atoms with Crippen molar-refractivity contribution in [2.75, 3.05) is 23.3 Å². The second kappa shape index (κ2) is 6.38. The number of carbonyl (C=O) groups is 2. The largest absolute Gasteiger partial charge is 0.358 e. The van der Waals surface area contributed by atoms with Gasteiger partial charge in [0.05, 0.1) is 11.4 Å². The Labute approximate surface area is 131 Å². The third-order valence-corrected chi connectivity index (χ3v) is 4.45. The van der Waals surface area contributed by atoms with Gasteiger partial charge in [-0.15, -0.1) is 0 Å². The van der Waals surface area contributed by atoms with Crippen molar-refractivity contribution in [3.05, 3.63) is 23.8 Å². The SMILES string of the molecule is CCCCCNC(=O)c1ccc2c(c1)NC(=O)[C@H]1CCCN21. The number of hydrogen-bond donors (Lipinski definition) is 2. The molecule has 5 nitrogen and oxygen atoms in total. The minimum atomic E-state index is -0.0725. The fourth-order valence-electron chi connectivity index (χ4n) is 3.25. The summed E-state index contributed by atoms with van der Waals surface area (Å²) >= 11 is 0. The molecule has 1 aromatic rings. The number of nitrogens with one attached hydrogen (secondary N) is 2. The number of anilines is 2. The molecule has 5 heteroatoms. The lowest BCUT2D eigenvalue weighted by atomic mass is 10.1. The van der Waals surface area contributed by atoms with E-state index in [2.05, 4.69) is 22.5 Å². The third-order valence-electron chi connectivity index (χ3n) is 4.45. The van der Waals surface area contributed by atoms with Crippen molar-refractivity contribution in [2.24, 2.45) is 0 Å². The van der Waals surface area contributed by atoms with Crippen LogP contribution in [0.1, 0.15) is 49.4 Å². The summed E-state index contributed by atoms with van der Waals surface area (Å²) in [6.45, 7) is 3.75. The molecule has 3 rings (SSSR count).